The Hall–Kier alpha value is -0.490. The number of hydrogen-bond acceptors (Lipinski definition) is 5. The second-order valence-corrected chi connectivity index (χ2v) is 5.91. The molecule has 1 saturated carbocycles. The van der Waals surface area contributed by atoms with E-state index in [0.717, 1.165) is 36.6 Å². The second kappa shape index (κ2) is 7.94. The maximum Gasteiger partial charge on any atom is 0.107 e. The SMILES string of the molecule is CCNCc1nc(COC2CCCC(OC)C2)cs1. The van der Waals surface area contributed by atoms with Crippen LogP contribution in [0.5, 0.6) is 0 Å². The van der Waals surface area contributed by atoms with Gasteiger partial charge in [0.2, 0.25) is 0 Å². The Morgan fingerprint density at radius 2 is 2.26 bits per heavy atom. The van der Waals surface area contributed by atoms with Gasteiger partial charge in [-0.2, -0.15) is 0 Å². The highest BCUT2D eigenvalue weighted by Gasteiger charge is 2.22. The predicted octanol–water partition coefficient (Wildman–Crippen LogP) is 2.73. The Morgan fingerprint density at radius 3 is 3.05 bits per heavy atom. The van der Waals surface area contributed by atoms with E-state index in [2.05, 4.69) is 22.6 Å². The molecule has 1 heterocycles. The number of ether oxygens (including phenoxy) is 2. The Morgan fingerprint density at radius 1 is 1.42 bits per heavy atom. The molecule has 2 atom stereocenters. The summed E-state index contributed by atoms with van der Waals surface area (Å²) in [5.74, 6) is 0. The lowest BCUT2D eigenvalue weighted by atomic mass is 9.95. The summed E-state index contributed by atoms with van der Waals surface area (Å²) < 4.78 is 11.4. The summed E-state index contributed by atoms with van der Waals surface area (Å²) in [6.45, 7) is 4.57. The van der Waals surface area contributed by atoms with Gasteiger partial charge in [-0.15, -0.1) is 11.3 Å². The van der Waals surface area contributed by atoms with Gasteiger partial charge in [0.15, 0.2) is 0 Å². The van der Waals surface area contributed by atoms with Crippen LogP contribution < -0.4 is 5.32 Å². The van der Waals surface area contributed by atoms with Crippen molar-refractivity contribution in [1.29, 1.82) is 0 Å². The van der Waals surface area contributed by atoms with Gasteiger partial charge in [-0.25, -0.2) is 4.98 Å². The van der Waals surface area contributed by atoms with Crippen molar-refractivity contribution in [3.05, 3.63) is 16.1 Å². The molecule has 1 aromatic rings. The maximum absolute atomic E-state index is 5.96. The van der Waals surface area contributed by atoms with Gasteiger partial charge in [-0.3, -0.25) is 0 Å². The molecule has 2 rings (SSSR count). The number of rotatable bonds is 7. The molecular formula is C14H24N2O2S. The van der Waals surface area contributed by atoms with Crippen molar-refractivity contribution in [2.75, 3.05) is 13.7 Å². The van der Waals surface area contributed by atoms with Gasteiger partial charge >= 0.3 is 0 Å². The van der Waals surface area contributed by atoms with E-state index in [1.807, 2.05) is 0 Å². The van der Waals surface area contributed by atoms with E-state index in [1.54, 1.807) is 18.4 Å². The number of hydrogen-bond donors (Lipinski definition) is 1. The molecule has 1 aromatic heterocycles. The zero-order valence-electron chi connectivity index (χ0n) is 11.9. The number of nitrogens with one attached hydrogen (secondary N) is 1. The van der Waals surface area contributed by atoms with Gasteiger partial charge in [0.05, 0.1) is 24.5 Å². The summed E-state index contributed by atoms with van der Waals surface area (Å²) in [5.41, 5.74) is 1.05. The molecule has 108 valence electrons. The lowest BCUT2D eigenvalue weighted by Gasteiger charge is -2.27. The molecule has 0 saturated heterocycles. The fourth-order valence-corrected chi connectivity index (χ4v) is 3.15. The van der Waals surface area contributed by atoms with Gasteiger partial charge < -0.3 is 14.8 Å². The second-order valence-electron chi connectivity index (χ2n) is 4.97. The first kappa shape index (κ1) is 14.9. The summed E-state index contributed by atoms with van der Waals surface area (Å²) in [4.78, 5) is 4.57. The van der Waals surface area contributed by atoms with Crippen molar-refractivity contribution in [2.45, 2.75) is 58.0 Å². The normalized spacial score (nSPS) is 23.7. The minimum Gasteiger partial charge on any atom is -0.381 e. The van der Waals surface area contributed by atoms with Crippen molar-refractivity contribution in [2.24, 2.45) is 0 Å². The van der Waals surface area contributed by atoms with Crippen LogP contribution in [-0.2, 0) is 22.6 Å². The Bertz CT molecular complexity index is 370. The standard InChI is InChI=1S/C14H24N2O2S/c1-3-15-8-14-16-11(10-19-14)9-18-13-6-4-5-12(7-13)17-2/h10,12-13,15H,3-9H2,1-2H3. The summed E-state index contributed by atoms with van der Waals surface area (Å²) in [7, 11) is 1.79. The largest absolute Gasteiger partial charge is 0.381 e. The van der Waals surface area contributed by atoms with Crippen molar-refractivity contribution < 1.29 is 9.47 Å². The molecule has 4 nitrogen and oxygen atoms in total. The monoisotopic (exact) mass is 284 g/mol. The molecule has 0 aromatic carbocycles. The van der Waals surface area contributed by atoms with Crippen molar-refractivity contribution >= 4 is 11.3 Å². The maximum atomic E-state index is 5.96. The molecule has 0 aliphatic heterocycles. The molecule has 0 amide bonds. The van der Waals surface area contributed by atoms with Gasteiger partial charge in [-0.1, -0.05) is 6.92 Å². The molecule has 0 spiro atoms. The van der Waals surface area contributed by atoms with Crippen LogP contribution in [0.4, 0.5) is 0 Å². The van der Waals surface area contributed by atoms with Crippen LogP contribution in [0.3, 0.4) is 0 Å². The van der Waals surface area contributed by atoms with Gasteiger partial charge in [0, 0.05) is 19.0 Å². The molecule has 0 radical (unpaired) electrons. The van der Waals surface area contributed by atoms with Gasteiger partial charge in [0.25, 0.3) is 0 Å². The van der Waals surface area contributed by atoms with E-state index in [9.17, 15) is 0 Å². The molecule has 2 unspecified atom stereocenters. The van der Waals surface area contributed by atoms with Crippen molar-refractivity contribution in [1.82, 2.24) is 10.3 Å². The van der Waals surface area contributed by atoms with E-state index >= 15 is 0 Å². The summed E-state index contributed by atoms with van der Waals surface area (Å²) >= 11 is 1.70. The molecule has 1 aliphatic rings. The summed E-state index contributed by atoms with van der Waals surface area (Å²) in [5, 5.41) is 6.53. The van der Waals surface area contributed by atoms with Crippen LogP contribution >= 0.6 is 11.3 Å². The topological polar surface area (TPSA) is 43.4 Å². The number of nitrogens with zero attached hydrogens (tertiary/aromatic N) is 1. The number of methoxy groups -OCH3 is 1. The Labute approximate surface area is 119 Å². The highest BCUT2D eigenvalue weighted by atomic mass is 32.1. The molecule has 1 fully saturated rings. The summed E-state index contributed by atoms with van der Waals surface area (Å²) in [6, 6.07) is 0. The third-order valence-electron chi connectivity index (χ3n) is 3.50. The quantitative estimate of drug-likeness (QED) is 0.836. The fraction of sp³-hybridized carbons (Fsp3) is 0.786. The van der Waals surface area contributed by atoms with E-state index in [4.69, 9.17) is 9.47 Å². The molecule has 1 aliphatic carbocycles. The van der Waals surface area contributed by atoms with Crippen LogP contribution in [-0.4, -0.2) is 30.8 Å². The Balaban J connectivity index is 1.73. The minimum atomic E-state index is 0.331. The zero-order valence-corrected chi connectivity index (χ0v) is 12.7. The van der Waals surface area contributed by atoms with Crippen LogP contribution in [0.1, 0.15) is 43.3 Å². The number of aromatic nitrogens is 1. The Kier molecular flexibility index (Phi) is 6.23. The van der Waals surface area contributed by atoms with Crippen LogP contribution in [0.25, 0.3) is 0 Å². The van der Waals surface area contributed by atoms with Crippen LogP contribution in [0.2, 0.25) is 0 Å². The van der Waals surface area contributed by atoms with E-state index in [1.165, 1.54) is 12.8 Å². The first-order valence-electron chi connectivity index (χ1n) is 7.10. The van der Waals surface area contributed by atoms with Gasteiger partial charge in [-0.05, 0) is 32.2 Å². The molecule has 1 N–H and O–H groups in total. The number of thiazole rings is 1. The average molecular weight is 284 g/mol. The minimum absolute atomic E-state index is 0.331. The molecule has 0 bridgehead atoms. The van der Waals surface area contributed by atoms with Crippen molar-refractivity contribution in [3.63, 3.8) is 0 Å². The smallest absolute Gasteiger partial charge is 0.107 e. The molecular weight excluding hydrogens is 260 g/mol. The molecule has 5 heteroatoms. The first-order valence-corrected chi connectivity index (χ1v) is 7.98. The highest BCUT2D eigenvalue weighted by molar-refractivity contribution is 7.09. The first-order chi connectivity index (χ1) is 9.31. The lowest BCUT2D eigenvalue weighted by Crippen LogP contribution is -2.27. The fourth-order valence-electron chi connectivity index (χ4n) is 2.40. The van der Waals surface area contributed by atoms with Crippen LogP contribution in [0, 0.1) is 0 Å². The van der Waals surface area contributed by atoms with Crippen LogP contribution in [0.15, 0.2) is 5.38 Å². The highest BCUT2D eigenvalue weighted by Crippen LogP contribution is 2.24. The van der Waals surface area contributed by atoms with E-state index in [0.29, 0.717) is 18.8 Å². The third-order valence-corrected chi connectivity index (χ3v) is 4.40. The predicted molar refractivity (Wildman–Crippen MR) is 77.3 cm³/mol. The average Bonchev–Trinajstić information content (AvgIpc) is 2.91. The molecule has 19 heavy (non-hydrogen) atoms. The lowest BCUT2D eigenvalue weighted by molar-refractivity contribution is -0.0371. The van der Waals surface area contributed by atoms with Gasteiger partial charge in [0.1, 0.15) is 5.01 Å². The third kappa shape index (κ3) is 4.84. The van der Waals surface area contributed by atoms with Crippen molar-refractivity contribution in [3.8, 4) is 0 Å². The summed E-state index contributed by atoms with van der Waals surface area (Å²) in [6.07, 6.45) is 5.24. The zero-order chi connectivity index (χ0) is 13.5. The van der Waals surface area contributed by atoms with E-state index in [-0.39, 0.29) is 0 Å². The van der Waals surface area contributed by atoms with E-state index < -0.39 is 0 Å².